The second-order valence-electron chi connectivity index (χ2n) is 5.70. The van der Waals surface area contributed by atoms with Crippen LogP contribution in [0.2, 0.25) is 0 Å². The third kappa shape index (κ3) is 5.80. The predicted octanol–water partition coefficient (Wildman–Crippen LogP) is 1.15. The lowest BCUT2D eigenvalue weighted by Gasteiger charge is -2.18. The summed E-state index contributed by atoms with van der Waals surface area (Å²) < 4.78 is 0. The van der Waals surface area contributed by atoms with Crippen LogP contribution in [0.4, 0.5) is 0 Å². The number of benzene rings is 1. The average Bonchev–Trinajstić information content (AvgIpc) is 3.14. The van der Waals surface area contributed by atoms with Crippen molar-refractivity contribution in [2.45, 2.75) is 25.2 Å². The number of hydrogen-bond acceptors (Lipinski definition) is 6. The molecule has 0 saturated heterocycles. The van der Waals surface area contributed by atoms with Crippen molar-refractivity contribution < 1.29 is 29.5 Å². The zero-order valence-electron chi connectivity index (χ0n) is 13.8. The van der Waals surface area contributed by atoms with E-state index in [1.165, 1.54) is 23.5 Å². The summed E-state index contributed by atoms with van der Waals surface area (Å²) in [5, 5.41) is 32.2. The van der Waals surface area contributed by atoms with E-state index in [2.05, 4.69) is 5.32 Å². The number of carbonyl (C=O) groups is 3. The first-order valence-electron chi connectivity index (χ1n) is 7.91. The molecule has 0 spiro atoms. The SMILES string of the molecule is O=C(CCC(=O)c1cccs1)N[C@@H](Cc1cccc(C(=O)O)c1)B(O)O. The minimum Gasteiger partial charge on any atom is -0.478 e. The number of carboxylic acid groups (broad SMARTS) is 1. The van der Waals surface area contributed by atoms with Crippen LogP contribution >= 0.6 is 11.3 Å². The molecule has 1 aromatic carbocycles. The molecule has 9 heteroatoms. The zero-order valence-corrected chi connectivity index (χ0v) is 14.6. The maximum absolute atomic E-state index is 12.0. The molecular formula is C17H18BNO6S. The van der Waals surface area contributed by atoms with E-state index in [9.17, 15) is 24.4 Å². The third-order valence-corrected chi connectivity index (χ3v) is 4.62. The van der Waals surface area contributed by atoms with Gasteiger partial charge in [-0.05, 0) is 35.6 Å². The molecule has 0 aliphatic heterocycles. The van der Waals surface area contributed by atoms with E-state index in [4.69, 9.17) is 5.11 Å². The summed E-state index contributed by atoms with van der Waals surface area (Å²) in [7, 11) is -1.82. The van der Waals surface area contributed by atoms with Gasteiger partial charge in [-0.15, -0.1) is 11.3 Å². The summed E-state index contributed by atoms with van der Waals surface area (Å²) >= 11 is 1.30. The van der Waals surface area contributed by atoms with E-state index in [1.807, 2.05) is 0 Å². The maximum Gasteiger partial charge on any atom is 0.475 e. The summed E-state index contributed by atoms with van der Waals surface area (Å²) in [6.45, 7) is 0. The van der Waals surface area contributed by atoms with Crippen LogP contribution in [0.1, 0.15) is 38.4 Å². The van der Waals surface area contributed by atoms with Crippen molar-refractivity contribution in [3.05, 3.63) is 57.8 Å². The maximum atomic E-state index is 12.0. The van der Waals surface area contributed by atoms with Crippen LogP contribution < -0.4 is 5.32 Å². The Hall–Kier alpha value is -2.49. The van der Waals surface area contributed by atoms with E-state index < -0.39 is 24.9 Å². The average molecular weight is 375 g/mol. The highest BCUT2D eigenvalue weighted by molar-refractivity contribution is 7.12. The molecular weight excluding hydrogens is 357 g/mol. The van der Waals surface area contributed by atoms with Gasteiger partial charge in [0.15, 0.2) is 5.78 Å². The molecule has 0 bridgehead atoms. The molecule has 0 fully saturated rings. The monoisotopic (exact) mass is 375 g/mol. The standard InChI is InChI=1S/C17H18BNO6S/c20-13(14-5-2-8-26-14)6-7-16(21)19-15(18(24)25)10-11-3-1-4-12(9-11)17(22)23/h1-5,8-9,15,24-25H,6-7,10H2,(H,19,21)(H,22,23)/t15-/m0/s1. The Balaban J connectivity index is 1.93. The highest BCUT2D eigenvalue weighted by Gasteiger charge is 2.26. The number of Topliss-reactive ketones (excluding diaryl/α,β-unsaturated/α-hetero) is 1. The molecule has 1 atom stereocenters. The van der Waals surface area contributed by atoms with Gasteiger partial charge in [0.05, 0.1) is 16.4 Å². The van der Waals surface area contributed by atoms with Gasteiger partial charge in [-0.25, -0.2) is 4.79 Å². The number of rotatable bonds is 9. The number of nitrogens with one attached hydrogen (secondary N) is 1. The van der Waals surface area contributed by atoms with Crippen molar-refractivity contribution in [2.24, 2.45) is 0 Å². The number of carboxylic acids is 1. The Labute approximate surface area is 154 Å². The summed E-state index contributed by atoms with van der Waals surface area (Å²) in [6.07, 6.45) is -0.00634. The molecule has 1 heterocycles. The molecule has 1 aromatic heterocycles. The summed E-state index contributed by atoms with van der Waals surface area (Å²) in [4.78, 5) is 35.5. The Bertz CT molecular complexity index is 777. The molecule has 0 aliphatic rings. The Morgan fingerprint density at radius 3 is 2.50 bits per heavy atom. The Kier molecular flexibility index (Phi) is 7.08. The van der Waals surface area contributed by atoms with Gasteiger partial charge in [-0.1, -0.05) is 18.2 Å². The van der Waals surface area contributed by atoms with Crippen LogP contribution in [0.25, 0.3) is 0 Å². The minimum atomic E-state index is -1.82. The fraction of sp³-hybridized carbons (Fsp3) is 0.235. The van der Waals surface area contributed by atoms with Crippen LogP contribution in [-0.4, -0.2) is 45.9 Å². The van der Waals surface area contributed by atoms with Crippen LogP contribution in [0.5, 0.6) is 0 Å². The fourth-order valence-corrected chi connectivity index (χ4v) is 3.08. The Morgan fingerprint density at radius 2 is 1.88 bits per heavy atom. The highest BCUT2D eigenvalue weighted by atomic mass is 32.1. The summed E-state index contributed by atoms with van der Waals surface area (Å²) in [5.74, 6) is -2.74. The van der Waals surface area contributed by atoms with Crippen LogP contribution in [0.15, 0.2) is 41.8 Å². The minimum absolute atomic E-state index is 0.0229. The molecule has 0 unspecified atom stereocenters. The van der Waals surface area contributed by atoms with Crippen LogP contribution in [0, 0.1) is 0 Å². The largest absolute Gasteiger partial charge is 0.478 e. The van der Waals surface area contributed by atoms with Gasteiger partial charge in [0.25, 0.3) is 0 Å². The van der Waals surface area contributed by atoms with Crippen molar-refractivity contribution >= 4 is 36.1 Å². The number of ketones is 1. The quantitative estimate of drug-likeness (QED) is 0.385. The van der Waals surface area contributed by atoms with Crippen molar-refractivity contribution in [3.8, 4) is 0 Å². The second-order valence-corrected chi connectivity index (χ2v) is 6.65. The van der Waals surface area contributed by atoms with E-state index in [1.54, 1.807) is 29.6 Å². The normalized spacial score (nSPS) is 11.6. The van der Waals surface area contributed by atoms with Crippen molar-refractivity contribution in [2.75, 3.05) is 0 Å². The van der Waals surface area contributed by atoms with Crippen LogP contribution in [-0.2, 0) is 11.2 Å². The molecule has 0 saturated carbocycles. The number of aromatic carboxylic acids is 1. The topological polar surface area (TPSA) is 124 Å². The van der Waals surface area contributed by atoms with Crippen molar-refractivity contribution in [1.29, 1.82) is 0 Å². The van der Waals surface area contributed by atoms with Crippen molar-refractivity contribution in [1.82, 2.24) is 5.32 Å². The molecule has 7 nitrogen and oxygen atoms in total. The first-order chi connectivity index (χ1) is 12.4. The molecule has 26 heavy (non-hydrogen) atoms. The van der Waals surface area contributed by atoms with Crippen molar-refractivity contribution in [3.63, 3.8) is 0 Å². The van der Waals surface area contributed by atoms with E-state index in [0.717, 1.165) is 0 Å². The van der Waals surface area contributed by atoms with Gasteiger partial charge in [0.1, 0.15) is 0 Å². The van der Waals surface area contributed by atoms with Gasteiger partial charge in [0.2, 0.25) is 5.91 Å². The first-order valence-corrected chi connectivity index (χ1v) is 8.79. The number of amides is 1. The lowest BCUT2D eigenvalue weighted by Crippen LogP contribution is -2.47. The number of hydrogen-bond donors (Lipinski definition) is 4. The molecule has 136 valence electrons. The summed E-state index contributed by atoms with van der Waals surface area (Å²) in [5.41, 5.74) is 0.611. The third-order valence-electron chi connectivity index (χ3n) is 3.71. The second kappa shape index (κ2) is 9.28. The summed E-state index contributed by atoms with van der Waals surface area (Å²) in [6, 6.07) is 9.44. The fourth-order valence-electron chi connectivity index (χ4n) is 2.38. The number of carbonyl (C=O) groups excluding carboxylic acids is 2. The van der Waals surface area contributed by atoms with Gasteiger partial charge in [0, 0.05) is 12.8 Å². The molecule has 0 aliphatic carbocycles. The molecule has 1 amide bonds. The first kappa shape index (κ1) is 19.8. The smallest absolute Gasteiger partial charge is 0.475 e. The molecule has 2 aromatic rings. The van der Waals surface area contributed by atoms with E-state index in [-0.39, 0.29) is 30.6 Å². The molecule has 0 radical (unpaired) electrons. The lowest BCUT2D eigenvalue weighted by atomic mass is 9.75. The van der Waals surface area contributed by atoms with Gasteiger partial charge < -0.3 is 20.5 Å². The van der Waals surface area contributed by atoms with Crippen LogP contribution in [0.3, 0.4) is 0 Å². The molecule has 2 rings (SSSR count). The lowest BCUT2D eigenvalue weighted by molar-refractivity contribution is -0.121. The van der Waals surface area contributed by atoms with Gasteiger partial charge in [-0.2, -0.15) is 0 Å². The van der Waals surface area contributed by atoms with E-state index in [0.29, 0.717) is 10.4 Å². The Morgan fingerprint density at radius 1 is 1.12 bits per heavy atom. The zero-order chi connectivity index (χ0) is 19.1. The number of thiophene rings is 1. The van der Waals surface area contributed by atoms with Gasteiger partial charge >= 0.3 is 13.1 Å². The highest BCUT2D eigenvalue weighted by Crippen LogP contribution is 2.13. The molecule has 4 N–H and O–H groups in total. The van der Waals surface area contributed by atoms with E-state index >= 15 is 0 Å². The van der Waals surface area contributed by atoms with Gasteiger partial charge in [-0.3, -0.25) is 9.59 Å². The predicted molar refractivity (Wildman–Crippen MR) is 97.1 cm³/mol.